The number of methoxy groups -OCH3 is 2. The summed E-state index contributed by atoms with van der Waals surface area (Å²) in [6, 6.07) is 18.5. The van der Waals surface area contributed by atoms with Gasteiger partial charge < -0.3 is 34.9 Å². The zero-order chi connectivity index (χ0) is 29.1. The molecule has 0 spiro atoms. The molecule has 212 valence electrons. The number of para-hydroxylation sites is 2. The molecule has 10 heteroatoms. The first-order valence-corrected chi connectivity index (χ1v) is 12.7. The van der Waals surface area contributed by atoms with Crippen LogP contribution in [0.25, 0.3) is 0 Å². The zero-order valence-corrected chi connectivity index (χ0v) is 23.3. The Hall–Kier alpha value is -4.73. The third kappa shape index (κ3) is 8.93. The predicted octanol–water partition coefficient (Wildman–Crippen LogP) is 5.50. The largest absolute Gasteiger partial charge is 0.497 e. The van der Waals surface area contributed by atoms with Gasteiger partial charge in [0, 0.05) is 18.2 Å². The van der Waals surface area contributed by atoms with Gasteiger partial charge in [0.1, 0.15) is 22.8 Å². The third-order valence-corrected chi connectivity index (χ3v) is 5.46. The summed E-state index contributed by atoms with van der Waals surface area (Å²) in [5.74, 6) is 0.703. The third-order valence-electron chi connectivity index (χ3n) is 5.46. The number of anilines is 2. The number of rotatable bonds is 11. The minimum Gasteiger partial charge on any atom is -0.497 e. The lowest BCUT2D eigenvalue weighted by Crippen LogP contribution is -2.33. The summed E-state index contributed by atoms with van der Waals surface area (Å²) < 4.78 is 21.5. The van der Waals surface area contributed by atoms with Crippen molar-refractivity contribution in [1.29, 1.82) is 0 Å². The number of hydrogen-bond acceptors (Lipinski definition) is 7. The molecule has 0 saturated heterocycles. The molecule has 0 aromatic heterocycles. The molecule has 0 fully saturated rings. The first-order valence-electron chi connectivity index (χ1n) is 12.7. The van der Waals surface area contributed by atoms with E-state index in [1.54, 1.807) is 94.6 Å². The molecule has 0 aliphatic rings. The smallest absolute Gasteiger partial charge is 0.407 e. The number of ether oxygens (including phenoxy) is 4. The molecule has 0 heterocycles. The fourth-order valence-corrected chi connectivity index (χ4v) is 3.52. The van der Waals surface area contributed by atoms with E-state index in [2.05, 4.69) is 16.0 Å². The highest BCUT2D eigenvalue weighted by molar-refractivity contribution is 6.10. The van der Waals surface area contributed by atoms with Gasteiger partial charge in [0.2, 0.25) is 0 Å². The summed E-state index contributed by atoms with van der Waals surface area (Å²) in [7, 11) is 3.07. The second kappa shape index (κ2) is 13.9. The van der Waals surface area contributed by atoms with Crippen LogP contribution in [-0.4, -0.2) is 50.9 Å². The van der Waals surface area contributed by atoms with Crippen LogP contribution >= 0.6 is 0 Å². The predicted molar refractivity (Wildman–Crippen MR) is 153 cm³/mol. The number of carbonyl (C=O) groups excluding carboxylic acids is 3. The Morgan fingerprint density at radius 3 is 1.98 bits per heavy atom. The van der Waals surface area contributed by atoms with Crippen LogP contribution in [0.5, 0.6) is 17.2 Å². The van der Waals surface area contributed by atoms with Crippen LogP contribution in [0.4, 0.5) is 16.2 Å². The van der Waals surface area contributed by atoms with Crippen LogP contribution in [0.1, 0.15) is 47.9 Å². The van der Waals surface area contributed by atoms with Crippen molar-refractivity contribution in [2.24, 2.45) is 0 Å². The Bertz CT molecular complexity index is 1320. The number of hydrogen-bond donors (Lipinski definition) is 3. The van der Waals surface area contributed by atoms with Gasteiger partial charge in [0.05, 0.1) is 37.8 Å². The van der Waals surface area contributed by atoms with Gasteiger partial charge in [-0.15, -0.1) is 0 Å². The Morgan fingerprint density at radius 1 is 0.775 bits per heavy atom. The number of amides is 3. The van der Waals surface area contributed by atoms with Gasteiger partial charge in [-0.2, -0.15) is 0 Å². The maximum Gasteiger partial charge on any atom is 0.407 e. The molecular weight excluding hydrogens is 514 g/mol. The van der Waals surface area contributed by atoms with E-state index in [0.29, 0.717) is 47.2 Å². The molecule has 3 rings (SSSR count). The first-order chi connectivity index (χ1) is 19.1. The van der Waals surface area contributed by atoms with Crippen molar-refractivity contribution in [2.45, 2.75) is 32.8 Å². The molecule has 3 N–H and O–H groups in total. The van der Waals surface area contributed by atoms with Crippen LogP contribution < -0.4 is 30.2 Å². The normalized spacial score (nSPS) is 10.7. The van der Waals surface area contributed by atoms with Crippen molar-refractivity contribution in [3.05, 3.63) is 77.9 Å². The summed E-state index contributed by atoms with van der Waals surface area (Å²) in [4.78, 5) is 37.9. The summed E-state index contributed by atoms with van der Waals surface area (Å²) in [6.07, 6.45) is -0.0238. The van der Waals surface area contributed by atoms with E-state index in [0.717, 1.165) is 0 Å². The number of alkyl carbamates (subject to hydrolysis) is 1. The summed E-state index contributed by atoms with van der Waals surface area (Å²) in [5.41, 5.74) is 0.977. The average Bonchev–Trinajstić information content (AvgIpc) is 2.92. The Balaban J connectivity index is 1.66. The molecule has 3 amide bonds. The van der Waals surface area contributed by atoms with E-state index in [1.807, 2.05) is 0 Å². The van der Waals surface area contributed by atoms with E-state index < -0.39 is 17.6 Å². The van der Waals surface area contributed by atoms with Crippen molar-refractivity contribution in [3.8, 4) is 17.2 Å². The summed E-state index contributed by atoms with van der Waals surface area (Å²) >= 11 is 0. The van der Waals surface area contributed by atoms with E-state index in [-0.39, 0.29) is 18.1 Å². The molecule has 10 nitrogen and oxygen atoms in total. The van der Waals surface area contributed by atoms with Gasteiger partial charge in [-0.25, -0.2) is 4.79 Å². The number of benzene rings is 3. The molecular formula is C30H35N3O7. The molecule has 0 saturated carbocycles. The van der Waals surface area contributed by atoms with Crippen molar-refractivity contribution < 1.29 is 33.3 Å². The van der Waals surface area contributed by atoms with E-state index in [1.165, 1.54) is 7.11 Å². The van der Waals surface area contributed by atoms with Crippen molar-refractivity contribution in [3.63, 3.8) is 0 Å². The standard InChI is InChI=1S/C30H35N3O7/c1-30(2,3)40-29(36)31-17-8-18-39-26-19-22(38-5)15-16-23(26)28(35)33-25-10-7-6-9-24(25)32-27(34)20-11-13-21(37-4)14-12-20/h6-7,9-16,19H,8,17-18H2,1-5H3,(H,31,36)(H,32,34)(H,33,35). The van der Waals surface area contributed by atoms with Gasteiger partial charge in [-0.1, -0.05) is 12.1 Å². The quantitative estimate of drug-likeness (QED) is 0.270. The topological polar surface area (TPSA) is 124 Å². The van der Waals surface area contributed by atoms with Crippen molar-refractivity contribution in [1.82, 2.24) is 5.32 Å². The molecule has 0 unspecified atom stereocenters. The SMILES string of the molecule is COc1ccc(C(=O)Nc2ccccc2NC(=O)c2ccc(OC)cc2OCCCNC(=O)OC(C)(C)C)cc1. The highest BCUT2D eigenvalue weighted by Gasteiger charge is 2.18. The lowest BCUT2D eigenvalue weighted by molar-refractivity contribution is 0.0525. The van der Waals surface area contributed by atoms with Gasteiger partial charge in [-0.05, 0) is 75.7 Å². The molecule has 40 heavy (non-hydrogen) atoms. The maximum atomic E-state index is 13.3. The zero-order valence-electron chi connectivity index (χ0n) is 23.3. The average molecular weight is 550 g/mol. The van der Waals surface area contributed by atoms with Crippen LogP contribution in [0, 0.1) is 0 Å². The Morgan fingerprint density at radius 2 is 1.38 bits per heavy atom. The lowest BCUT2D eigenvalue weighted by Gasteiger charge is -2.19. The second-order valence-corrected chi connectivity index (χ2v) is 9.68. The van der Waals surface area contributed by atoms with Crippen LogP contribution in [-0.2, 0) is 4.74 Å². The number of nitrogens with one attached hydrogen (secondary N) is 3. The van der Waals surface area contributed by atoms with Crippen LogP contribution in [0.3, 0.4) is 0 Å². The first kappa shape index (κ1) is 29.8. The Kier molecular flexibility index (Phi) is 10.4. The fraction of sp³-hybridized carbons (Fsp3) is 0.300. The van der Waals surface area contributed by atoms with Crippen molar-refractivity contribution >= 4 is 29.3 Å². The molecule has 0 bridgehead atoms. The molecule has 0 aliphatic carbocycles. The van der Waals surface area contributed by atoms with Crippen LogP contribution in [0.2, 0.25) is 0 Å². The molecule has 0 radical (unpaired) electrons. The monoisotopic (exact) mass is 549 g/mol. The minimum absolute atomic E-state index is 0.234. The Labute approximate surface area is 234 Å². The number of carbonyl (C=O) groups is 3. The molecule has 0 aliphatic heterocycles. The van der Waals surface area contributed by atoms with Gasteiger partial charge >= 0.3 is 6.09 Å². The molecule has 0 atom stereocenters. The fourth-order valence-electron chi connectivity index (χ4n) is 3.52. The van der Waals surface area contributed by atoms with Gasteiger partial charge in [0.15, 0.2) is 0 Å². The van der Waals surface area contributed by atoms with Crippen LogP contribution in [0.15, 0.2) is 66.7 Å². The van der Waals surface area contributed by atoms with Gasteiger partial charge in [0.25, 0.3) is 11.8 Å². The summed E-state index contributed by atoms with van der Waals surface area (Å²) in [6.45, 7) is 5.94. The van der Waals surface area contributed by atoms with Crippen molar-refractivity contribution in [2.75, 3.05) is 38.0 Å². The summed E-state index contributed by atoms with van der Waals surface area (Å²) in [5, 5.41) is 8.36. The van der Waals surface area contributed by atoms with E-state index >= 15 is 0 Å². The highest BCUT2D eigenvalue weighted by atomic mass is 16.6. The minimum atomic E-state index is -0.583. The highest BCUT2D eigenvalue weighted by Crippen LogP contribution is 2.28. The van der Waals surface area contributed by atoms with Gasteiger partial charge in [-0.3, -0.25) is 9.59 Å². The molecule has 3 aromatic carbocycles. The molecule has 3 aromatic rings. The lowest BCUT2D eigenvalue weighted by atomic mass is 10.1. The van der Waals surface area contributed by atoms with E-state index in [4.69, 9.17) is 18.9 Å². The second-order valence-electron chi connectivity index (χ2n) is 9.68. The van der Waals surface area contributed by atoms with E-state index in [9.17, 15) is 14.4 Å². The maximum absolute atomic E-state index is 13.3.